The van der Waals surface area contributed by atoms with E-state index in [1.54, 1.807) is 38.9 Å². The zero-order chi connectivity index (χ0) is 31.1. The number of nitrogens with zero attached hydrogens (tertiary/aromatic N) is 6. The second kappa shape index (κ2) is 14.1. The molecule has 43 heavy (non-hydrogen) atoms. The number of amides is 1. The molecule has 13 heteroatoms. The van der Waals surface area contributed by atoms with Gasteiger partial charge in [-0.25, -0.2) is 4.98 Å². The van der Waals surface area contributed by atoms with Gasteiger partial charge in [0.25, 0.3) is 0 Å². The van der Waals surface area contributed by atoms with Gasteiger partial charge in [-0.3, -0.25) is 14.8 Å². The Morgan fingerprint density at radius 2 is 1.70 bits per heavy atom. The van der Waals surface area contributed by atoms with Crippen molar-refractivity contribution in [3.8, 4) is 11.5 Å². The molecule has 0 bridgehead atoms. The van der Waals surface area contributed by atoms with Gasteiger partial charge in [0.1, 0.15) is 5.75 Å². The number of hydrogen-bond donors (Lipinski definition) is 3. The monoisotopic (exact) mass is 603 g/mol. The fraction of sp³-hybridized carbons (Fsp3) is 0.300. The van der Waals surface area contributed by atoms with Crippen LogP contribution < -0.4 is 35.6 Å². The third-order valence-electron chi connectivity index (χ3n) is 6.59. The van der Waals surface area contributed by atoms with Crippen LogP contribution in [0.1, 0.15) is 0 Å². The number of rotatable bonds is 13. The molecule has 0 radical (unpaired) electrons. The highest BCUT2D eigenvalue weighted by Gasteiger charge is 2.19. The number of ether oxygens (including phenoxy) is 2. The van der Waals surface area contributed by atoms with Crippen LogP contribution in [0.15, 0.2) is 55.5 Å². The minimum Gasteiger partial charge on any atom is -0.494 e. The Morgan fingerprint density at radius 3 is 2.37 bits per heavy atom. The lowest BCUT2D eigenvalue weighted by Gasteiger charge is -2.26. The van der Waals surface area contributed by atoms with Crippen molar-refractivity contribution in [2.75, 3.05) is 82.6 Å². The lowest BCUT2D eigenvalue weighted by molar-refractivity contribution is -0.111. The van der Waals surface area contributed by atoms with Crippen LogP contribution in [0.3, 0.4) is 0 Å². The van der Waals surface area contributed by atoms with Gasteiger partial charge >= 0.3 is 0 Å². The molecule has 12 nitrogen and oxygen atoms in total. The van der Waals surface area contributed by atoms with Gasteiger partial charge < -0.3 is 35.2 Å². The Hall–Kier alpha value is -4.54. The topological polar surface area (TPSA) is 130 Å². The van der Waals surface area contributed by atoms with Crippen molar-refractivity contribution in [1.82, 2.24) is 24.8 Å². The third-order valence-corrected chi connectivity index (χ3v) is 7.94. The fourth-order valence-corrected chi connectivity index (χ4v) is 5.61. The highest BCUT2D eigenvalue weighted by atomic mass is 31.1. The molecule has 0 spiro atoms. The number of aromatic nitrogens is 4. The highest BCUT2D eigenvalue weighted by molar-refractivity contribution is 7.65. The third kappa shape index (κ3) is 7.46. The first-order chi connectivity index (χ1) is 20.6. The first kappa shape index (κ1) is 31.4. The van der Waals surface area contributed by atoms with Gasteiger partial charge in [0, 0.05) is 49.6 Å². The molecule has 2 aromatic carbocycles. The number of hydrogen-bond acceptors (Lipinski definition) is 11. The standard InChI is InChI=1S/C30H38N9O3P/c1-9-26(40)34-21-16-22(24(41-5)17-23(21)39(4)15-14-38(2)3)36-30-33-18-25(42-6)29(37-30)35-20-11-10-19-27(28(20)43(7)8)32-13-12-31-19/h9-13,16-18H,1,14-15H2,2-8H3,(H,34,40)(H2,33,35,36,37). The molecule has 2 heterocycles. The molecule has 0 saturated carbocycles. The average Bonchev–Trinajstić information content (AvgIpc) is 2.99. The molecule has 0 aliphatic rings. The molecule has 0 atom stereocenters. The number of benzene rings is 2. The molecule has 226 valence electrons. The number of carbonyl (C=O) groups is 1. The number of fused-ring (bicyclic) bond motifs is 1. The van der Waals surface area contributed by atoms with Gasteiger partial charge in [0.2, 0.25) is 11.9 Å². The van der Waals surface area contributed by atoms with Crippen LogP contribution in [0.4, 0.5) is 34.5 Å². The van der Waals surface area contributed by atoms with E-state index in [1.807, 2.05) is 39.3 Å². The summed E-state index contributed by atoms with van der Waals surface area (Å²) in [7, 11) is 8.61. The van der Waals surface area contributed by atoms with Gasteiger partial charge in [-0.2, -0.15) is 4.98 Å². The molecule has 3 N–H and O–H groups in total. The Morgan fingerprint density at radius 1 is 0.953 bits per heavy atom. The molecule has 0 unspecified atom stereocenters. The van der Waals surface area contributed by atoms with Crippen molar-refractivity contribution in [3.63, 3.8) is 0 Å². The van der Waals surface area contributed by atoms with Crippen molar-refractivity contribution in [1.29, 1.82) is 0 Å². The van der Waals surface area contributed by atoms with Crippen LogP contribution in [0.5, 0.6) is 11.5 Å². The predicted molar refractivity (Wildman–Crippen MR) is 177 cm³/mol. The summed E-state index contributed by atoms with van der Waals surface area (Å²) in [6.45, 7) is 9.49. The quantitative estimate of drug-likeness (QED) is 0.148. The largest absolute Gasteiger partial charge is 0.494 e. The molecular weight excluding hydrogens is 565 g/mol. The molecule has 2 aromatic heterocycles. The van der Waals surface area contributed by atoms with Gasteiger partial charge in [-0.05, 0) is 51.7 Å². The number of carbonyl (C=O) groups excluding carboxylic acids is 1. The Balaban J connectivity index is 1.72. The van der Waals surface area contributed by atoms with E-state index in [9.17, 15) is 4.79 Å². The molecular formula is C30H38N9O3P. The van der Waals surface area contributed by atoms with E-state index in [0.717, 1.165) is 40.8 Å². The lowest BCUT2D eigenvalue weighted by Crippen LogP contribution is -2.29. The van der Waals surface area contributed by atoms with Crippen LogP contribution in [0.25, 0.3) is 11.0 Å². The van der Waals surface area contributed by atoms with Gasteiger partial charge in [-0.1, -0.05) is 14.5 Å². The van der Waals surface area contributed by atoms with Gasteiger partial charge in [-0.15, -0.1) is 0 Å². The van der Waals surface area contributed by atoms with Crippen LogP contribution in [-0.4, -0.2) is 92.5 Å². The minimum atomic E-state index is -0.538. The van der Waals surface area contributed by atoms with Gasteiger partial charge in [0.05, 0.1) is 48.5 Å². The molecule has 0 aliphatic heterocycles. The van der Waals surface area contributed by atoms with Crippen LogP contribution in [0.2, 0.25) is 0 Å². The van der Waals surface area contributed by atoms with Crippen molar-refractivity contribution < 1.29 is 14.3 Å². The number of nitrogens with one attached hydrogen (secondary N) is 3. The normalized spacial score (nSPS) is 11.0. The summed E-state index contributed by atoms with van der Waals surface area (Å²) >= 11 is 0. The van der Waals surface area contributed by atoms with Crippen molar-refractivity contribution in [3.05, 3.63) is 55.5 Å². The van der Waals surface area contributed by atoms with E-state index in [2.05, 4.69) is 60.6 Å². The van der Waals surface area contributed by atoms with E-state index in [0.29, 0.717) is 34.6 Å². The predicted octanol–water partition coefficient (Wildman–Crippen LogP) is 4.41. The summed E-state index contributed by atoms with van der Waals surface area (Å²) in [5.41, 5.74) is 4.49. The van der Waals surface area contributed by atoms with Crippen molar-refractivity contribution >= 4 is 64.7 Å². The first-order valence-corrected chi connectivity index (χ1v) is 15.8. The highest BCUT2D eigenvalue weighted by Crippen LogP contribution is 2.39. The van der Waals surface area contributed by atoms with E-state index in [4.69, 9.17) is 14.5 Å². The SMILES string of the molecule is C=CC(=O)Nc1cc(Nc2ncc(OC)c(Nc3ccc4nccnc4c3P(C)C)n2)c(OC)cc1N(C)CCN(C)C. The minimum absolute atomic E-state index is 0.300. The van der Waals surface area contributed by atoms with Crippen LogP contribution >= 0.6 is 7.92 Å². The maximum Gasteiger partial charge on any atom is 0.247 e. The van der Waals surface area contributed by atoms with E-state index in [1.165, 1.54) is 6.08 Å². The maximum atomic E-state index is 12.3. The molecule has 4 aromatic rings. The Bertz CT molecular complexity index is 1610. The zero-order valence-electron chi connectivity index (χ0n) is 25.6. The second-order valence-electron chi connectivity index (χ2n) is 10.1. The first-order valence-electron chi connectivity index (χ1n) is 13.5. The summed E-state index contributed by atoms with van der Waals surface area (Å²) in [5, 5.41) is 10.7. The fourth-order valence-electron chi connectivity index (χ4n) is 4.40. The maximum absolute atomic E-state index is 12.3. The second-order valence-corrected chi connectivity index (χ2v) is 12.4. The van der Waals surface area contributed by atoms with Gasteiger partial charge in [0.15, 0.2) is 11.6 Å². The molecule has 0 saturated heterocycles. The number of anilines is 6. The average molecular weight is 604 g/mol. The van der Waals surface area contributed by atoms with Crippen LogP contribution in [-0.2, 0) is 4.79 Å². The zero-order valence-corrected chi connectivity index (χ0v) is 26.5. The molecule has 0 aliphatic carbocycles. The molecule has 0 fully saturated rings. The Kier molecular flexibility index (Phi) is 10.3. The summed E-state index contributed by atoms with van der Waals surface area (Å²) in [6, 6.07) is 7.57. The number of methoxy groups -OCH3 is 2. The summed E-state index contributed by atoms with van der Waals surface area (Å²) in [4.78, 5) is 34.7. The summed E-state index contributed by atoms with van der Waals surface area (Å²) in [5.74, 6) is 1.47. The molecule has 4 rings (SSSR count). The van der Waals surface area contributed by atoms with Crippen molar-refractivity contribution in [2.24, 2.45) is 0 Å². The van der Waals surface area contributed by atoms with Crippen LogP contribution in [0, 0.1) is 0 Å². The summed E-state index contributed by atoms with van der Waals surface area (Å²) in [6.07, 6.45) is 6.22. The van der Waals surface area contributed by atoms with E-state index < -0.39 is 7.92 Å². The smallest absolute Gasteiger partial charge is 0.247 e. The van der Waals surface area contributed by atoms with E-state index >= 15 is 0 Å². The number of likely N-dealkylation sites (N-methyl/N-ethyl adjacent to an activating group) is 2. The molecule has 1 amide bonds. The summed E-state index contributed by atoms with van der Waals surface area (Å²) < 4.78 is 11.3. The van der Waals surface area contributed by atoms with Crippen molar-refractivity contribution in [2.45, 2.75) is 0 Å². The Labute approximate surface area is 253 Å². The van der Waals surface area contributed by atoms with E-state index in [-0.39, 0.29) is 5.91 Å². The lowest BCUT2D eigenvalue weighted by atomic mass is 10.2.